The molecule has 27 heavy (non-hydrogen) atoms. The van der Waals surface area contributed by atoms with Crippen molar-refractivity contribution in [3.63, 3.8) is 0 Å². The molecule has 0 aromatic heterocycles. The molecule has 2 fully saturated rings. The van der Waals surface area contributed by atoms with E-state index in [1.165, 1.54) is 31.6 Å². The molecule has 0 unspecified atom stereocenters. The molecule has 0 spiro atoms. The monoisotopic (exact) mass is 375 g/mol. The average molecular weight is 376 g/mol. The van der Waals surface area contributed by atoms with Crippen LogP contribution in [0.15, 0.2) is 30.3 Å². The van der Waals surface area contributed by atoms with Gasteiger partial charge in [0.15, 0.2) is 0 Å². The molecule has 0 aliphatic carbocycles. The summed E-state index contributed by atoms with van der Waals surface area (Å²) in [6, 6.07) is 6.60. The van der Waals surface area contributed by atoms with E-state index in [0.717, 1.165) is 51.3 Å². The second-order valence-electron chi connectivity index (χ2n) is 8.28. The van der Waals surface area contributed by atoms with Crippen molar-refractivity contribution in [2.75, 3.05) is 66.0 Å². The number of likely N-dealkylation sites (tertiary alicyclic amines) is 1. The lowest BCUT2D eigenvalue weighted by Gasteiger charge is -2.38. The van der Waals surface area contributed by atoms with Crippen LogP contribution >= 0.6 is 0 Å². The number of benzene rings is 1. The van der Waals surface area contributed by atoms with Crippen LogP contribution in [-0.4, -0.2) is 85.8 Å². The zero-order chi connectivity index (χ0) is 19.1. The van der Waals surface area contributed by atoms with Gasteiger partial charge in [-0.25, -0.2) is 4.39 Å². The van der Waals surface area contributed by atoms with Crippen LogP contribution in [0, 0.1) is 17.7 Å². The van der Waals surface area contributed by atoms with Crippen molar-refractivity contribution >= 4 is 6.08 Å². The van der Waals surface area contributed by atoms with Gasteiger partial charge in [0, 0.05) is 45.9 Å². The number of aliphatic hydroxyl groups excluding tert-OH is 1. The third-order valence-corrected chi connectivity index (χ3v) is 5.83. The summed E-state index contributed by atoms with van der Waals surface area (Å²) in [6.07, 6.45) is 6.59. The number of aliphatic hydroxyl groups is 1. The minimum absolute atomic E-state index is 0.198. The van der Waals surface area contributed by atoms with Gasteiger partial charge < -0.3 is 14.9 Å². The van der Waals surface area contributed by atoms with Crippen molar-refractivity contribution in [2.45, 2.75) is 12.8 Å². The number of hydrogen-bond donors (Lipinski definition) is 1. The highest BCUT2D eigenvalue weighted by atomic mass is 19.1. The Hall–Kier alpha value is -1.27. The molecule has 2 saturated heterocycles. The molecule has 1 N–H and O–H groups in total. The lowest BCUT2D eigenvalue weighted by molar-refractivity contribution is 0.0738. The van der Waals surface area contributed by atoms with Gasteiger partial charge in [-0.15, -0.1) is 0 Å². The Kier molecular flexibility index (Phi) is 7.82. The van der Waals surface area contributed by atoms with E-state index in [4.69, 9.17) is 0 Å². The molecule has 2 heterocycles. The second-order valence-corrected chi connectivity index (χ2v) is 8.28. The van der Waals surface area contributed by atoms with Crippen LogP contribution in [0.2, 0.25) is 0 Å². The van der Waals surface area contributed by atoms with Crippen LogP contribution in [0.4, 0.5) is 4.39 Å². The molecular weight excluding hydrogens is 341 g/mol. The van der Waals surface area contributed by atoms with Crippen molar-refractivity contribution in [3.05, 3.63) is 41.7 Å². The van der Waals surface area contributed by atoms with Gasteiger partial charge in [0.2, 0.25) is 0 Å². The topological polar surface area (TPSA) is 30.0 Å². The molecule has 1 aromatic carbocycles. The fraction of sp³-hybridized carbons (Fsp3) is 0.636. The zero-order valence-electron chi connectivity index (χ0n) is 16.6. The van der Waals surface area contributed by atoms with Crippen molar-refractivity contribution in [3.8, 4) is 0 Å². The van der Waals surface area contributed by atoms with Gasteiger partial charge in [-0.05, 0) is 62.5 Å². The Balaban J connectivity index is 1.51. The van der Waals surface area contributed by atoms with Crippen LogP contribution < -0.4 is 0 Å². The molecule has 0 saturated carbocycles. The quantitative estimate of drug-likeness (QED) is 0.827. The van der Waals surface area contributed by atoms with E-state index < -0.39 is 0 Å². The number of halogens is 1. The third kappa shape index (κ3) is 6.68. The van der Waals surface area contributed by atoms with Crippen LogP contribution in [0.1, 0.15) is 18.4 Å². The molecule has 2 aliphatic rings. The number of piperidine rings is 1. The fourth-order valence-electron chi connectivity index (χ4n) is 4.40. The van der Waals surface area contributed by atoms with E-state index in [2.05, 4.69) is 33.9 Å². The molecule has 4 nitrogen and oxygen atoms in total. The van der Waals surface area contributed by atoms with Gasteiger partial charge in [-0.1, -0.05) is 24.3 Å². The molecular formula is C22H34FN3O. The first-order valence-electron chi connectivity index (χ1n) is 10.3. The molecule has 0 amide bonds. The first kappa shape index (κ1) is 20.5. The van der Waals surface area contributed by atoms with E-state index in [-0.39, 0.29) is 12.4 Å². The second kappa shape index (κ2) is 10.3. The molecule has 3 rings (SSSR count). The summed E-state index contributed by atoms with van der Waals surface area (Å²) in [5.74, 6) is 0.799. The summed E-state index contributed by atoms with van der Waals surface area (Å²) < 4.78 is 13.0. The highest BCUT2D eigenvalue weighted by molar-refractivity contribution is 5.48. The minimum atomic E-state index is -0.198. The van der Waals surface area contributed by atoms with Crippen molar-refractivity contribution in [1.82, 2.24) is 14.7 Å². The highest BCUT2D eigenvalue weighted by Gasteiger charge is 2.28. The maximum atomic E-state index is 13.0. The first-order valence-corrected chi connectivity index (χ1v) is 10.3. The van der Waals surface area contributed by atoms with Crippen molar-refractivity contribution in [2.24, 2.45) is 11.8 Å². The number of rotatable bonds is 6. The minimum Gasteiger partial charge on any atom is -0.396 e. The molecule has 1 aromatic rings. The molecule has 2 atom stereocenters. The molecule has 2 aliphatic heterocycles. The Bertz CT molecular complexity index is 592. The Morgan fingerprint density at radius 1 is 1.04 bits per heavy atom. The Morgan fingerprint density at radius 2 is 1.81 bits per heavy atom. The largest absolute Gasteiger partial charge is 0.396 e. The van der Waals surface area contributed by atoms with Gasteiger partial charge >= 0.3 is 0 Å². The smallest absolute Gasteiger partial charge is 0.123 e. The summed E-state index contributed by atoms with van der Waals surface area (Å²) in [6.45, 7) is 9.05. The van der Waals surface area contributed by atoms with Gasteiger partial charge in [-0.2, -0.15) is 0 Å². The lowest BCUT2D eigenvalue weighted by Crippen LogP contribution is -2.46. The SMILES string of the molecule is CN1CCCN(C[C@H]2C[C@H](CO)CN(C/C=C/c3ccc(F)cc3)C2)CC1. The summed E-state index contributed by atoms with van der Waals surface area (Å²) >= 11 is 0. The Labute approximate surface area is 163 Å². The predicted octanol–water partition coefficient (Wildman–Crippen LogP) is 2.41. The number of likely N-dealkylation sites (N-methyl/N-ethyl adjacent to an activating group) is 1. The van der Waals surface area contributed by atoms with E-state index in [0.29, 0.717) is 11.8 Å². The maximum Gasteiger partial charge on any atom is 0.123 e. The molecule has 0 bridgehead atoms. The van der Waals surface area contributed by atoms with Gasteiger partial charge in [-0.3, -0.25) is 4.90 Å². The van der Waals surface area contributed by atoms with E-state index in [1.807, 2.05) is 0 Å². The van der Waals surface area contributed by atoms with Gasteiger partial charge in [0.05, 0.1) is 0 Å². The van der Waals surface area contributed by atoms with E-state index >= 15 is 0 Å². The van der Waals surface area contributed by atoms with Crippen molar-refractivity contribution < 1.29 is 9.50 Å². The molecule has 0 radical (unpaired) electrons. The third-order valence-electron chi connectivity index (χ3n) is 5.83. The summed E-state index contributed by atoms with van der Waals surface area (Å²) in [4.78, 5) is 7.49. The van der Waals surface area contributed by atoms with E-state index in [9.17, 15) is 9.50 Å². The maximum absolute atomic E-state index is 13.0. The fourth-order valence-corrected chi connectivity index (χ4v) is 4.40. The normalized spacial score (nSPS) is 26.5. The number of nitrogens with zero attached hydrogens (tertiary/aromatic N) is 3. The summed E-state index contributed by atoms with van der Waals surface area (Å²) in [5.41, 5.74) is 1.03. The summed E-state index contributed by atoms with van der Waals surface area (Å²) in [5, 5.41) is 9.74. The van der Waals surface area contributed by atoms with Crippen LogP contribution in [0.3, 0.4) is 0 Å². The zero-order valence-corrected chi connectivity index (χ0v) is 16.6. The predicted molar refractivity (Wildman–Crippen MR) is 109 cm³/mol. The lowest BCUT2D eigenvalue weighted by atomic mass is 9.89. The molecule has 150 valence electrons. The number of hydrogen-bond acceptors (Lipinski definition) is 4. The highest BCUT2D eigenvalue weighted by Crippen LogP contribution is 2.23. The van der Waals surface area contributed by atoms with Crippen LogP contribution in [0.25, 0.3) is 6.08 Å². The van der Waals surface area contributed by atoms with Crippen molar-refractivity contribution in [1.29, 1.82) is 0 Å². The standard InChI is InChI=1S/C22H34FN3O/c1-24-9-3-11-25(13-12-24)15-20-14-21(18-27)17-26(16-20)10-2-4-19-5-7-22(23)8-6-19/h2,4-8,20-21,27H,3,9-18H2,1H3/b4-2+/t20-,21+/m1/s1. The van der Waals surface area contributed by atoms with E-state index in [1.54, 1.807) is 12.1 Å². The van der Waals surface area contributed by atoms with Crippen LogP contribution in [-0.2, 0) is 0 Å². The van der Waals surface area contributed by atoms with Gasteiger partial charge in [0.1, 0.15) is 5.82 Å². The average Bonchev–Trinajstić information content (AvgIpc) is 2.87. The first-order chi connectivity index (χ1) is 13.1. The summed E-state index contributed by atoms with van der Waals surface area (Å²) in [7, 11) is 2.21. The Morgan fingerprint density at radius 3 is 2.59 bits per heavy atom. The van der Waals surface area contributed by atoms with Crippen LogP contribution in [0.5, 0.6) is 0 Å². The van der Waals surface area contributed by atoms with Gasteiger partial charge in [0.25, 0.3) is 0 Å². The molecule has 5 heteroatoms.